The summed E-state index contributed by atoms with van der Waals surface area (Å²) in [7, 11) is 1.64. The van der Waals surface area contributed by atoms with Gasteiger partial charge in [-0.25, -0.2) is 0 Å². The molecule has 0 saturated heterocycles. The normalized spacial score (nSPS) is 11.8. The Morgan fingerprint density at radius 2 is 2.00 bits per heavy atom. The highest BCUT2D eigenvalue weighted by Gasteiger charge is 2.13. The zero-order valence-electron chi connectivity index (χ0n) is 12.1. The number of hydrogen-bond acceptors (Lipinski definition) is 5. The second-order valence-corrected chi connectivity index (χ2v) is 5.09. The van der Waals surface area contributed by atoms with Crippen LogP contribution in [0.25, 0.3) is 22.1 Å². The predicted molar refractivity (Wildman–Crippen MR) is 85.2 cm³/mol. The Hall–Kier alpha value is -2.69. The molecule has 5 nitrogen and oxygen atoms in total. The molecular weight excluding hydrogens is 266 g/mol. The smallest absolute Gasteiger partial charge is 0.232 e. The molecule has 5 heteroatoms. The van der Waals surface area contributed by atoms with E-state index < -0.39 is 0 Å². The van der Waals surface area contributed by atoms with Gasteiger partial charge in [0.2, 0.25) is 11.1 Å². The van der Waals surface area contributed by atoms with Gasteiger partial charge in [0.05, 0.1) is 10.8 Å². The maximum absolute atomic E-state index is 12.7. The number of anilines is 1. The number of hydrogen-bond donors (Lipinski definition) is 1. The standard InChI is InChI=1S/C16H15N3O2/c1-8-4-9(2)14-11(5-8)13(20)12-6-10(7-18-3)15(17)19-16(12)21-14/h4-7H,1-3H3,(H2,17,19). The SMILES string of the molecule is CN=Cc1cc2c(=O)c3cc(C)cc(C)c3oc2nc1N. The fraction of sp³-hybridized carbons (Fsp3) is 0.188. The highest BCUT2D eigenvalue weighted by atomic mass is 16.3. The van der Waals surface area contributed by atoms with Crippen molar-refractivity contribution < 1.29 is 4.42 Å². The van der Waals surface area contributed by atoms with Crippen molar-refractivity contribution >= 4 is 34.1 Å². The second kappa shape index (κ2) is 4.70. The van der Waals surface area contributed by atoms with E-state index in [1.165, 1.54) is 0 Å². The van der Waals surface area contributed by atoms with Gasteiger partial charge in [-0.1, -0.05) is 6.07 Å². The Morgan fingerprint density at radius 1 is 1.24 bits per heavy atom. The molecule has 0 atom stereocenters. The number of aromatic nitrogens is 1. The lowest BCUT2D eigenvalue weighted by atomic mass is 10.1. The first-order chi connectivity index (χ1) is 10.0. The summed E-state index contributed by atoms with van der Waals surface area (Å²) in [5.41, 5.74) is 9.11. The molecule has 0 saturated carbocycles. The third-order valence-corrected chi connectivity index (χ3v) is 3.42. The topological polar surface area (TPSA) is 81.5 Å². The minimum Gasteiger partial charge on any atom is -0.437 e. The van der Waals surface area contributed by atoms with E-state index in [2.05, 4.69) is 9.98 Å². The molecule has 0 unspecified atom stereocenters. The van der Waals surface area contributed by atoms with Crippen LogP contribution in [0.2, 0.25) is 0 Å². The third kappa shape index (κ3) is 2.07. The van der Waals surface area contributed by atoms with Crippen molar-refractivity contribution in [1.29, 1.82) is 0 Å². The Morgan fingerprint density at radius 3 is 2.71 bits per heavy atom. The summed E-state index contributed by atoms with van der Waals surface area (Å²) < 4.78 is 5.79. The van der Waals surface area contributed by atoms with Crippen molar-refractivity contribution in [2.24, 2.45) is 4.99 Å². The van der Waals surface area contributed by atoms with Gasteiger partial charge in [-0.2, -0.15) is 4.98 Å². The van der Waals surface area contributed by atoms with E-state index in [4.69, 9.17) is 10.2 Å². The molecule has 0 bridgehead atoms. The molecule has 2 heterocycles. The van der Waals surface area contributed by atoms with Crippen molar-refractivity contribution in [2.45, 2.75) is 13.8 Å². The summed E-state index contributed by atoms with van der Waals surface area (Å²) >= 11 is 0. The predicted octanol–water partition coefficient (Wildman–Crippen LogP) is 2.59. The van der Waals surface area contributed by atoms with Crippen LogP contribution >= 0.6 is 0 Å². The van der Waals surface area contributed by atoms with E-state index in [1.807, 2.05) is 26.0 Å². The first-order valence-electron chi connectivity index (χ1n) is 6.57. The van der Waals surface area contributed by atoms with Crippen LogP contribution in [0.3, 0.4) is 0 Å². The number of pyridine rings is 1. The molecule has 0 fully saturated rings. The van der Waals surface area contributed by atoms with Crippen LogP contribution in [0.4, 0.5) is 5.82 Å². The van der Waals surface area contributed by atoms with E-state index in [9.17, 15) is 4.79 Å². The van der Waals surface area contributed by atoms with Crippen LogP contribution in [-0.4, -0.2) is 18.2 Å². The third-order valence-electron chi connectivity index (χ3n) is 3.42. The van der Waals surface area contributed by atoms with E-state index >= 15 is 0 Å². The molecule has 106 valence electrons. The van der Waals surface area contributed by atoms with Crippen LogP contribution in [0.15, 0.2) is 32.4 Å². The highest BCUT2D eigenvalue weighted by molar-refractivity contribution is 5.95. The zero-order valence-corrected chi connectivity index (χ0v) is 12.1. The van der Waals surface area contributed by atoms with Crippen LogP contribution in [-0.2, 0) is 0 Å². The number of benzene rings is 1. The Labute approximate surface area is 121 Å². The molecular formula is C16H15N3O2. The second-order valence-electron chi connectivity index (χ2n) is 5.09. The number of nitrogen functional groups attached to an aromatic ring is 1. The van der Waals surface area contributed by atoms with Gasteiger partial charge in [-0.05, 0) is 37.1 Å². The Kier molecular flexibility index (Phi) is 2.97. The molecule has 0 aliphatic carbocycles. The van der Waals surface area contributed by atoms with Crippen LogP contribution < -0.4 is 11.2 Å². The lowest BCUT2D eigenvalue weighted by molar-refractivity contribution is 0.642. The maximum atomic E-state index is 12.7. The average molecular weight is 281 g/mol. The Bertz CT molecular complexity index is 955. The van der Waals surface area contributed by atoms with Crippen molar-refractivity contribution in [1.82, 2.24) is 4.98 Å². The molecule has 1 aromatic carbocycles. The molecule has 3 rings (SSSR count). The van der Waals surface area contributed by atoms with Crippen LogP contribution in [0.1, 0.15) is 16.7 Å². The van der Waals surface area contributed by atoms with E-state index in [-0.39, 0.29) is 11.1 Å². The van der Waals surface area contributed by atoms with Gasteiger partial charge in [0.25, 0.3) is 0 Å². The molecule has 0 amide bonds. The number of aliphatic imine (C=N–C) groups is 1. The molecule has 0 radical (unpaired) electrons. The monoisotopic (exact) mass is 281 g/mol. The van der Waals surface area contributed by atoms with Crippen LogP contribution in [0.5, 0.6) is 0 Å². The van der Waals surface area contributed by atoms with Crippen molar-refractivity contribution in [3.05, 3.63) is 45.1 Å². The van der Waals surface area contributed by atoms with Gasteiger partial charge in [0, 0.05) is 18.8 Å². The van der Waals surface area contributed by atoms with E-state index in [0.29, 0.717) is 27.7 Å². The maximum Gasteiger partial charge on any atom is 0.232 e. The van der Waals surface area contributed by atoms with Gasteiger partial charge in [-0.3, -0.25) is 9.79 Å². The zero-order chi connectivity index (χ0) is 15.1. The quantitative estimate of drug-likeness (QED) is 0.549. The first kappa shape index (κ1) is 13.3. The molecule has 2 N–H and O–H groups in total. The summed E-state index contributed by atoms with van der Waals surface area (Å²) in [5.74, 6) is 0.292. The molecule has 21 heavy (non-hydrogen) atoms. The number of nitrogens with two attached hydrogens (primary N) is 1. The minimum atomic E-state index is -0.101. The minimum absolute atomic E-state index is 0.101. The number of rotatable bonds is 1. The molecule has 0 aliphatic heterocycles. The van der Waals surface area contributed by atoms with Gasteiger partial charge in [-0.15, -0.1) is 0 Å². The summed E-state index contributed by atoms with van der Waals surface area (Å²) in [6.45, 7) is 3.86. The van der Waals surface area contributed by atoms with Gasteiger partial charge in [0.1, 0.15) is 11.4 Å². The molecule has 0 spiro atoms. The summed E-state index contributed by atoms with van der Waals surface area (Å²) in [6, 6.07) is 5.48. The largest absolute Gasteiger partial charge is 0.437 e. The molecule has 2 aromatic heterocycles. The van der Waals surface area contributed by atoms with Crippen molar-refractivity contribution in [3.8, 4) is 0 Å². The van der Waals surface area contributed by atoms with Crippen molar-refractivity contribution in [2.75, 3.05) is 12.8 Å². The lowest BCUT2D eigenvalue weighted by Crippen LogP contribution is -2.07. The first-order valence-corrected chi connectivity index (χ1v) is 6.57. The number of aryl methyl sites for hydroxylation is 2. The lowest BCUT2D eigenvalue weighted by Gasteiger charge is -2.06. The van der Waals surface area contributed by atoms with Crippen molar-refractivity contribution in [3.63, 3.8) is 0 Å². The average Bonchev–Trinajstić information content (AvgIpc) is 2.42. The van der Waals surface area contributed by atoms with Gasteiger partial charge < -0.3 is 10.2 Å². The molecule has 0 aliphatic rings. The van der Waals surface area contributed by atoms with E-state index in [0.717, 1.165) is 11.1 Å². The van der Waals surface area contributed by atoms with E-state index in [1.54, 1.807) is 19.3 Å². The molecule has 3 aromatic rings. The van der Waals surface area contributed by atoms with Gasteiger partial charge >= 0.3 is 0 Å². The van der Waals surface area contributed by atoms with Gasteiger partial charge in [0.15, 0.2) is 0 Å². The number of nitrogens with zero attached hydrogens (tertiary/aromatic N) is 2. The van der Waals surface area contributed by atoms with Crippen LogP contribution in [0, 0.1) is 13.8 Å². The summed E-state index contributed by atoms with van der Waals surface area (Å²) in [4.78, 5) is 20.8. The highest BCUT2D eigenvalue weighted by Crippen LogP contribution is 2.23. The fourth-order valence-electron chi connectivity index (χ4n) is 2.51. The number of fused-ring (bicyclic) bond motifs is 2. The Balaban J connectivity index is 2.51. The summed E-state index contributed by atoms with van der Waals surface area (Å²) in [5, 5.41) is 0.975. The fourth-order valence-corrected chi connectivity index (χ4v) is 2.51. The summed E-state index contributed by atoms with van der Waals surface area (Å²) in [6.07, 6.45) is 1.58.